The van der Waals surface area contributed by atoms with E-state index in [0.717, 1.165) is 0 Å². The van der Waals surface area contributed by atoms with E-state index in [9.17, 15) is 9.59 Å². The highest BCUT2D eigenvalue weighted by Gasteiger charge is 2.48. The second-order valence-corrected chi connectivity index (χ2v) is 7.15. The Hall–Kier alpha value is -2.57. The molecule has 0 radical (unpaired) electrons. The zero-order valence-electron chi connectivity index (χ0n) is 14.7. The second kappa shape index (κ2) is 7.58. The number of halogens is 2. The molecule has 1 N–H and O–H groups in total. The number of esters is 1. The summed E-state index contributed by atoms with van der Waals surface area (Å²) in [4.78, 5) is 25.1. The lowest BCUT2D eigenvalue weighted by atomic mass is 9.82. The zero-order valence-corrected chi connectivity index (χ0v) is 16.2. The first-order valence-corrected chi connectivity index (χ1v) is 8.86. The van der Waals surface area contributed by atoms with Gasteiger partial charge in [0.05, 0.1) is 19.4 Å². The first-order valence-electron chi connectivity index (χ1n) is 8.11. The van der Waals surface area contributed by atoms with E-state index >= 15 is 0 Å². The number of nitrogens with one attached hydrogen (secondary N) is 1. The Morgan fingerprint density at radius 2 is 1.63 bits per heavy atom. The van der Waals surface area contributed by atoms with Crippen LogP contribution in [0.2, 0.25) is 10.0 Å². The summed E-state index contributed by atoms with van der Waals surface area (Å²) in [5.74, 6) is -0.474. The maximum Gasteiger partial charge on any atom is 0.342 e. The van der Waals surface area contributed by atoms with E-state index in [0.29, 0.717) is 27.0 Å². The molecule has 6 nitrogen and oxygen atoms in total. The molecule has 0 unspecified atom stereocenters. The van der Waals surface area contributed by atoms with Crippen molar-refractivity contribution in [2.24, 2.45) is 10.5 Å². The Balaban J connectivity index is 1.90. The molecule has 2 aromatic carbocycles. The van der Waals surface area contributed by atoms with Gasteiger partial charge in [0.25, 0.3) is 0 Å². The lowest BCUT2D eigenvalue weighted by molar-refractivity contribution is -0.147. The molecule has 2 aromatic rings. The van der Waals surface area contributed by atoms with Crippen molar-refractivity contribution in [3.63, 3.8) is 0 Å². The van der Waals surface area contributed by atoms with Gasteiger partial charge in [-0.15, -0.1) is 0 Å². The first kappa shape index (κ1) is 19.2. The van der Waals surface area contributed by atoms with E-state index in [1.54, 1.807) is 55.5 Å². The third-order valence-corrected chi connectivity index (χ3v) is 4.80. The van der Waals surface area contributed by atoms with Crippen molar-refractivity contribution in [2.75, 3.05) is 19.0 Å². The molecule has 0 saturated carbocycles. The molecule has 1 aliphatic heterocycles. The number of benzene rings is 2. The van der Waals surface area contributed by atoms with E-state index in [-0.39, 0.29) is 6.54 Å². The van der Waals surface area contributed by atoms with Crippen LogP contribution < -0.4 is 5.32 Å². The van der Waals surface area contributed by atoms with E-state index in [2.05, 4.69) is 10.4 Å². The Morgan fingerprint density at radius 1 is 1.07 bits per heavy atom. The monoisotopic (exact) mass is 405 g/mol. The Kier molecular flexibility index (Phi) is 5.39. The summed E-state index contributed by atoms with van der Waals surface area (Å²) in [7, 11) is 1.31. The summed E-state index contributed by atoms with van der Waals surface area (Å²) in [5, 5.41) is 9.47. The zero-order chi connectivity index (χ0) is 19.6. The molecule has 0 fully saturated rings. The second-order valence-electron chi connectivity index (χ2n) is 6.27. The lowest BCUT2D eigenvalue weighted by Crippen LogP contribution is -2.42. The predicted octanol–water partition coefficient (Wildman–Crippen LogP) is 4.42. The molecule has 0 aromatic heterocycles. The number of rotatable bonds is 3. The molecule has 0 saturated heterocycles. The first-order chi connectivity index (χ1) is 12.8. The van der Waals surface area contributed by atoms with Gasteiger partial charge < -0.3 is 10.1 Å². The molecule has 140 valence electrons. The van der Waals surface area contributed by atoms with Crippen LogP contribution in [-0.2, 0) is 9.53 Å². The largest absolute Gasteiger partial charge is 0.468 e. The predicted molar refractivity (Wildman–Crippen MR) is 105 cm³/mol. The maximum absolute atomic E-state index is 12.6. The molecule has 1 aliphatic rings. The summed E-state index contributed by atoms with van der Waals surface area (Å²) in [5.41, 5.74) is 0.602. The topological polar surface area (TPSA) is 71.0 Å². The highest BCUT2D eigenvalue weighted by atomic mass is 35.5. The van der Waals surface area contributed by atoms with Gasteiger partial charge in [0, 0.05) is 15.7 Å². The molecule has 1 heterocycles. The van der Waals surface area contributed by atoms with Crippen molar-refractivity contribution in [3.8, 4) is 0 Å². The molecular weight excluding hydrogens is 389 g/mol. The minimum atomic E-state index is -1.10. The number of nitrogens with zero attached hydrogens (tertiary/aromatic N) is 2. The molecular formula is C19H17Cl2N3O3. The van der Waals surface area contributed by atoms with Crippen LogP contribution in [0.1, 0.15) is 12.5 Å². The summed E-state index contributed by atoms with van der Waals surface area (Å²) < 4.78 is 4.95. The van der Waals surface area contributed by atoms with E-state index in [4.69, 9.17) is 27.9 Å². The van der Waals surface area contributed by atoms with Gasteiger partial charge in [-0.3, -0.25) is 4.79 Å². The fraction of sp³-hybridized carbons (Fsp3) is 0.211. The molecule has 0 aliphatic carbocycles. The van der Waals surface area contributed by atoms with Crippen LogP contribution in [0.5, 0.6) is 0 Å². The fourth-order valence-corrected chi connectivity index (χ4v) is 3.10. The number of amides is 2. The number of hydrazone groups is 1. The smallest absolute Gasteiger partial charge is 0.342 e. The van der Waals surface area contributed by atoms with Crippen molar-refractivity contribution in [3.05, 3.63) is 64.1 Å². The number of carbonyl (C=O) groups is 2. The third-order valence-electron chi connectivity index (χ3n) is 4.29. The van der Waals surface area contributed by atoms with Crippen LogP contribution in [0.3, 0.4) is 0 Å². The van der Waals surface area contributed by atoms with Gasteiger partial charge in [0.15, 0.2) is 0 Å². The normalized spacial score (nSPS) is 18.8. The van der Waals surface area contributed by atoms with Crippen molar-refractivity contribution in [2.45, 2.75) is 6.92 Å². The van der Waals surface area contributed by atoms with Crippen molar-refractivity contribution in [1.82, 2.24) is 5.01 Å². The summed E-state index contributed by atoms with van der Waals surface area (Å²) in [6, 6.07) is 13.1. The highest BCUT2D eigenvalue weighted by molar-refractivity contribution is 6.31. The van der Waals surface area contributed by atoms with Crippen LogP contribution in [0.25, 0.3) is 0 Å². The van der Waals surface area contributed by atoms with Gasteiger partial charge in [0.2, 0.25) is 0 Å². The summed E-state index contributed by atoms with van der Waals surface area (Å²) >= 11 is 11.8. The number of methoxy groups -OCH3 is 1. The lowest BCUT2D eigenvalue weighted by Gasteiger charge is -2.23. The van der Waals surface area contributed by atoms with Gasteiger partial charge in [0.1, 0.15) is 5.41 Å². The fourth-order valence-electron chi connectivity index (χ4n) is 2.85. The number of ether oxygens (including phenoxy) is 1. The quantitative estimate of drug-likeness (QED) is 0.767. The number of hydrogen-bond donors (Lipinski definition) is 1. The van der Waals surface area contributed by atoms with Gasteiger partial charge in [-0.25, -0.2) is 9.80 Å². The average molecular weight is 406 g/mol. The number of carbonyl (C=O) groups excluding carboxylic acids is 2. The Bertz CT molecular complexity index is 897. The Labute approximate surface area is 166 Å². The van der Waals surface area contributed by atoms with Crippen LogP contribution in [-0.4, -0.2) is 36.4 Å². The molecule has 8 heteroatoms. The van der Waals surface area contributed by atoms with E-state index in [1.807, 2.05) is 0 Å². The number of hydrogen-bond acceptors (Lipinski definition) is 4. The van der Waals surface area contributed by atoms with Gasteiger partial charge in [-0.2, -0.15) is 5.10 Å². The summed E-state index contributed by atoms with van der Waals surface area (Å²) in [6.07, 6.45) is 0. The maximum atomic E-state index is 12.6. The minimum absolute atomic E-state index is 0.0526. The molecule has 1 atom stereocenters. The van der Waals surface area contributed by atoms with E-state index in [1.165, 1.54) is 12.1 Å². The van der Waals surface area contributed by atoms with Gasteiger partial charge in [-0.1, -0.05) is 35.3 Å². The number of urea groups is 1. The number of anilines is 1. The van der Waals surface area contributed by atoms with E-state index < -0.39 is 17.4 Å². The van der Waals surface area contributed by atoms with Crippen molar-refractivity contribution < 1.29 is 14.3 Å². The van der Waals surface area contributed by atoms with Crippen LogP contribution >= 0.6 is 23.2 Å². The molecule has 0 bridgehead atoms. The average Bonchev–Trinajstić information content (AvgIpc) is 3.02. The van der Waals surface area contributed by atoms with Gasteiger partial charge >= 0.3 is 12.0 Å². The van der Waals surface area contributed by atoms with Gasteiger partial charge in [-0.05, 0) is 48.9 Å². The molecule has 3 rings (SSSR count). The standard InChI is InChI=1S/C19H17Cl2N3O3/c1-19(17(25)27-2)11-24(18(26)22-15-9-7-14(21)8-10-15)23-16(19)12-3-5-13(20)6-4-12/h3-10H,11H2,1-2H3,(H,22,26)/t19-/m0/s1. The van der Waals surface area contributed by atoms with Crippen LogP contribution in [0.15, 0.2) is 53.6 Å². The highest BCUT2D eigenvalue weighted by Crippen LogP contribution is 2.33. The third kappa shape index (κ3) is 3.91. The molecule has 27 heavy (non-hydrogen) atoms. The minimum Gasteiger partial charge on any atom is -0.468 e. The van der Waals surface area contributed by atoms with Crippen molar-refractivity contribution >= 4 is 46.6 Å². The Morgan fingerprint density at radius 3 is 2.19 bits per heavy atom. The molecule has 2 amide bonds. The van der Waals surface area contributed by atoms with Crippen LogP contribution in [0, 0.1) is 5.41 Å². The SMILES string of the molecule is COC(=O)[C@@]1(C)CN(C(=O)Nc2ccc(Cl)cc2)N=C1c1ccc(Cl)cc1. The molecule has 0 spiro atoms. The van der Waals surface area contributed by atoms with Crippen LogP contribution in [0.4, 0.5) is 10.5 Å². The summed E-state index contributed by atoms with van der Waals surface area (Å²) in [6.45, 7) is 1.75. The van der Waals surface area contributed by atoms with Crippen molar-refractivity contribution in [1.29, 1.82) is 0 Å².